The molecule has 1 aliphatic carbocycles. The molecule has 0 fully saturated rings. The maximum atomic E-state index is 13.1. The molecule has 1 aliphatic heterocycles. The van der Waals surface area contributed by atoms with Gasteiger partial charge >= 0.3 is 5.97 Å². The summed E-state index contributed by atoms with van der Waals surface area (Å²) in [6, 6.07) is 7.41. The average molecular weight is 402 g/mol. The highest BCUT2D eigenvalue weighted by molar-refractivity contribution is 6.30. The fourth-order valence-electron chi connectivity index (χ4n) is 4.11. The molecule has 1 aromatic rings. The number of ketones is 1. The first-order valence-corrected chi connectivity index (χ1v) is 10.3. The van der Waals surface area contributed by atoms with Crippen LogP contribution < -0.4 is 5.32 Å². The Morgan fingerprint density at radius 1 is 1.32 bits per heavy atom. The fraction of sp³-hybridized carbons (Fsp3) is 0.478. The van der Waals surface area contributed by atoms with Crippen molar-refractivity contribution < 1.29 is 14.3 Å². The zero-order valence-corrected chi connectivity index (χ0v) is 17.8. The van der Waals surface area contributed by atoms with Crippen LogP contribution in [0.2, 0.25) is 5.02 Å². The van der Waals surface area contributed by atoms with Crippen LogP contribution in [0.1, 0.15) is 64.9 Å². The van der Waals surface area contributed by atoms with Crippen LogP contribution in [0.25, 0.3) is 0 Å². The van der Waals surface area contributed by atoms with Gasteiger partial charge in [-0.25, -0.2) is 4.79 Å². The molecule has 2 aliphatic rings. The second kappa shape index (κ2) is 8.12. The van der Waals surface area contributed by atoms with Gasteiger partial charge in [-0.3, -0.25) is 4.79 Å². The lowest BCUT2D eigenvalue weighted by Crippen LogP contribution is -2.38. The molecule has 0 radical (unpaired) electrons. The Bertz CT molecular complexity index is 866. The molecule has 3 rings (SSSR count). The Labute approximate surface area is 172 Å². The number of ether oxygens (including phenoxy) is 1. The summed E-state index contributed by atoms with van der Waals surface area (Å²) in [6.45, 7) is 8.50. The molecule has 1 aromatic carbocycles. The van der Waals surface area contributed by atoms with Crippen molar-refractivity contribution in [1.29, 1.82) is 0 Å². The molecular weight excluding hydrogens is 374 g/mol. The molecule has 5 heteroatoms. The van der Waals surface area contributed by atoms with Crippen LogP contribution >= 0.6 is 11.6 Å². The van der Waals surface area contributed by atoms with Crippen LogP contribution in [0, 0.1) is 5.41 Å². The largest absolute Gasteiger partial charge is 0.462 e. The molecule has 0 amide bonds. The lowest BCUT2D eigenvalue weighted by atomic mass is 9.68. The SMILES string of the molecule is CCCCOC(=O)C1=C(C)NC2=C(C(=O)CC(C)(C)C2)C1c1cccc(Cl)c1. The number of dihydropyridines is 1. The molecule has 4 nitrogen and oxygen atoms in total. The molecule has 1 atom stereocenters. The van der Waals surface area contributed by atoms with Crippen LogP contribution in [0.15, 0.2) is 46.8 Å². The van der Waals surface area contributed by atoms with E-state index < -0.39 is 5.92 Å². The maximum Gasteiger partial charge on any atom is 0.336 e. The van der Waals surface area contributed by atoms with Gasteiger partial charge in [0.25, 0.3) is 0 Å². The second-order valence-electron chi connectivity index (χ2n) is 8.47. The number of carbonyl (C=O) groups excluding carboxylic acids is 2. The highest BCUT2D eigenvalue weighted by Crippen LogP contribution is 2.47. The minimum Gasteiger partial charge on any atom is -0.462 e. The number of benzene rings is 1. The topological polar surface area (TPSA) is 55.4 Å². The monoisotopic (exact) mass is 401 g/mol. The van der Waals surface area contributed by atoms with Gasteiger partial charge in [0.15, 0.2) is 5.78 Å². The third-order valence-electron chi connectivity index (χ3n) is 5.37. The van der Waals surface area contributed by atoms with E-state index in [1.54, 1.807) is 6.07 Å². The van der Waals surface area contributed by atoms with Crippen LogP contribution in [0.4, 0.5) is 0 Å². The number of Topliss-reactive ketones (excluding diaryl/α,β-unsaturated/α-hetero) is 1. The zero-order valence-electron chi connectivity index (χ0n) is 17.0. The van der Waals surface area contributed by atoms with E-state index in [-0.39, 0.29) is 17.2 Å². The second-order valence-corrected chi connectivity index (χ2v) is 8.91. The summed E-state index contributed by atoms with van der Waals surface area (Å²) in [5.41, 5.74) is 3.57. The maximum absolute atomic E-state index is 13.1. The Hall–Kier alpha value is -2.07. The van der Waals surface area contributed by atoms with Gasteiger partial charge in [-0.05, 0) is 42.9 Å². The highest BCUT2D eigenvalue weighted by atomic mass is 35.5. The van der Waals surface area contributed by atoms with Crippen molar-refractivity contribution in [2.75, 3.05) is 6.61 Å². The summed E-state index contributed by atoms with van der Waals surface area (Å²) < 4.78 is 5.53. The zero-order chi connectivity index (χ0) is 20.5. The number of unbranched alkanes of at least 4 members (excludes halogenated alkanes) is 1. The third kappa shape index (κ3) is 4.17. The molecule has 1 N–H and O–H groups in total. The molecule has 150 valence electrons. The molecule has 0 bridgehead atoms. The normalized spacial score (nSPS) is 21.3. The van der Waals surface area contributed by atoms with Crippen molar-refractivity contribution >= 4 is 23.4 Å². The summed E-state index contributed by atoms with van der Waals surface area (Å²) in [5.74, 6) is -0.740. The van der Waals surface area contributed by atoms with Gasteiger partial charge < -0.3 is 10.1 Å². The van der Waals surface area contributed by atoms with E-state index >= 15 is 0 Å². The lowest BCUT2D eigenvalue weighted by Gasteiger charge is -2.39. The van der Waals surface area contributed by atoms with Crippen LogP contribution in [-0.2, 0) is 14.3 Å². The molecular formula is C23H28ClNO3. The van der Waals surface area contributed by atoms with Gasteiger partial charge in [0.05, 0.1) is 12.2 Å². The first kappa shape index (κ1) is 20.7. The molecule has 0 saturated carbocycles. The Morgan fingerprint density at radius 2 is 2.07 bits per heavy atom. The average Bonchev–Trinajstić information content (AvgIpc) is 2.59. The van der Waals surface area contributed by atoms with E-state index in [1.165, 1.54) is 0 Å². The van der Waals surface area contributed by atoms with Gasteiger partial charge in [-0.1, -0.05) is 50.9 Å². The summed E-state index contributed by atoms with van der Waals surface area (Å²) in [5, 5.41) is 3.93. The van der Waals surface area contributed by atoms with Crippen molar-refractivity contribution in [3.63, 3.8) is 0 Å². The molecule has 1 unspecified atom stereocenters. The lowest BCUT2D eigenvalue weighted by molar-refractivity contribution is -0.139. The number of nitrogens with one attached hydrogen (secondary N) is 1. The highest BCUT2D eigenvalue weighted by Gasteiger charge is 2.43. The predicted octanol–water partition coefficient (Wildman–Crippen LogP) is 5.29. The summed E-state index contributed by atoms with van der Waals surface area (Å²) >= 11 is 6.24. The Balaban J connectivity index is 2.09. The Morgan fingerprint density at radius 3 is 2.75 bits per heavy atom. The number of esters is 1. The van der Waals surface area contributed by atoms with E-state index in [4.69, 9.17) is 16.3 Å². The van der Waals surface area contributed by atoms with Crippen molar-refractivity contribution in [2.45, 2.75) is 59.3 Å². The molecule has 0 spiro atoms. The van der Waals surface area contributed by atoms with Crippen molar-refractivity contribution in [2.24, 2.45) is 5.41 Å². The Kier molecular flexibility index (Phi) is 5.99. The number of hydrogen-bond acceptors (Lipinski definition) is 4. The fourth-order valence-corrected chi connectivity index (χ4v) is 4.31. The van der Waals surface area contributed by atoms with Gasteiger partial charge in [-0.2, -0.15) is 0 Å². The van der Waals surface area contributed by atoms with E-state index in [2.05, 4.69) is 26.1 Å². The van der Waals surface area contributed by atoms with Crippen LogP contribution in [-0.4, -0.2) is 18.4 Å². The smallest absolute Gasteiger partial charge is 0.336 e. The number of allylic oxidation sites excluding steroid dienone is 3. The number of rotatable bonds is 5. The molecule has 0 saturated heterocycles. The quantitative estimate of drug-likeness (QED) is 0.538. The van der Waals surface area contributed by atoms with Crippen LogP contribution in [0.5, 0.6) is 0 Å². The standard InChI is InChI=1S/C23H28ClNO3/c1-5-6-10-28-22(27)19-14(2)25-17-12-23(3,4)13-18(26)21(17)20(19)15-8-7-9-16(24)11-15/h7-9,11,20,25H,5-6,10,12-13H2,1-4H3. The third-order valence-corrected chi connectivity index (χ3v) is 5.61. The number of hydrogen-bond donors (Lipinski definition) is 1. The van der Waals surface area contributed by atoms with Crippen LogP contribution in [0.3, 0.4) is 0 Å². The predicted molar refractivity (Wildman–Crippen MR) is 111 cm³/mol. The molecule has 0 aromatic heterocycles. The van der Waals surface area contributed by atoms with Gasteiger partial charge in [-0.15, -0.1) is 0 Å². The first-order valence-electron chi connectivity index (χ1n) is 9.90. The van der Waals surface area contributed by atoms with Gasteiger partial charge in [0.1, 0.15) is 0 Å². The minimum atomic E-state index is -0.451. The van der Waals surface area contributed by atoms with Crippen molar-refractivity contribution in [3.8, 4) is 0 Å². The van der Waals surface area contributed by atoms with E-state index in [0.29, 0.717) is 29.2 Å². The summed E-state index contributed by atoms with van der Waals surface area (Å²) in [4.78, 5) is 26.1. The van der Waals surface area contributed by atoms with Gasteiger partial charge in [0.2, 0.25) is 0 Å². The van der Waals surface area contributed by atoms with E-state index in [0.717, 1.165) is 36.2 Å². The van der Waals surface area contributed by atoms with E-state index in [1.807, 2.05) is 25.1 Å². The summed E-state index contributed by atoms with van der Waals surface area (Å²) in [7, 11) is 0. The number of carbonyl (C=O) groups is 2. The molecule has 1 heterocycles. The number of halogens is 1. The van der Waals surface area contributed by atoms with Crippen molar-refractivity contribution in [1.82, 2.24) is 5.32 Å². The molecule has 28 heavy (non-hydrogen) atoms. The first-order chi connectivity index (χ1) is 13.2. The van der Waals surface area contributed by atoms with Crippen molar-refractivity contribution in [3.05, 3.63) is 57.4 Å². The van der Waals surface area contributed by atoms with Gasteiger partial charge in [0, 0.05) is 34.3 Å². The minimum absolute atomic E-state index is 0.0788. The summed E-state index contributed by atoms with van der Waals surface area (Å²) in [6.07, 6.45) is 2.99. The van der Waals surface area contributed by atoms with E-state index in [9.17, 15) is 9.59 Å².